The third-order valence-electron chi connectivity index (χ3n) is 6.49. The van der Waals surface area contributed by atoms with E-state index in [0.29, 0.717) is 27.0 Å². The standard InChI is InChI=1S/C33H22Cl2FN5/c34-26-16-8-7-15-25(26)30-24(18-23-14-9-17-27(35)31(23)39-30)19-37-32-28(36)20-38-33(41-32)40-29(21-10-3-1-4-11-21)22-12-5-2-6-13-22/h1-18,20H,19H2,(H,37,38,41). The van der Waals surface area contributed by atoms with Crippen LogP contribution in [0, 0.1) is 5.82 Å². The van der Waals surface area contributed by atoms with Crippen molar-refractivity contribution in [2.24, 2.45) is 4.99 Å². The summed E-state index contributed by atoms with van der Waals surface area (Å²) in [6.07, 6.45) is 1.12. The lowest BCUT2D eigenvalue weighted by Crippen LogP contribution is -2.08. The Morgan fingerprint density at radius 3 is 2.12 bits per heavy atom. The predicted octanol–water partition coefficient (Wildman–Crippen LogP) is 8.92. The van der Waals surface area contributed by atoms with Gasteiger partial charge in [0.25, 0.3) is 5.95 Å². The van der Waals surface area contributed by atoms with Crippen LogP contribution in [0.5, 0.6) is 0 Å². The van der Waals surface area contributed by atoms with Crippen LogP contribution in [0.3, 0.4) is 0 Å². The predicted molar refractivity (Wildman–Crippen MR) is 165 cm³/mol. The van der Waals surface area contributed by atoms with E-state index < -0.39 is 5.82 Å². The third kappa shape index (κ3) is 5.80. The van der Waals surface area contributed by atoms with Gasteiger partial charge in [-0.1, -0.05) is 114 Å². The highest BCUT2D eigenvalue weighted by Crippen LogP contribution is 2.33. The smallest absolute Gasteiger partial charge is 0.252 e. The molecule has 0 aliphatic heterocycles. The maximum absolute atomic E-state index is 15.0. The minimum Gasteiger partial charge on any atom is -0.363 e. The minimum absolute atomic E-state index is 0.0236. The van der Waals surface area contributed by atoms with Crippen molar-refractivity contribution in [3.63, 3.8) is 0 Å². The topological polar surface area (TPSA) is 63.1 Å². The van der Waals surface area contributed by atoms with Gasteiger partial charge < -0.3 is 5.32 Å². The number of nitrogens with one attached hydrogen (secondary N) is 1. The van der Waals surface area contributed by atoms with Gasteiger partial charge in [0.1, 0.15) is 0 Å². The number of pyridine rings is 1. The van der Waals surface area contributed by atoms with Crippen molar-refractivity contribution in [3.8, 4) is 11.3 Å². The summed E-state index contributed by atoms with van der Waals surface area (Å²) in [7, 11) is 0. The molecule has 2 heterocycles. The number of hydrogen-bond donors (Lipinski definition) is 1. The summed E-state index contributed by atoms with van der Waals surface area (Å²) in [4.78, 5) is 18.2. The van der Waals surface area contributed by atoms with E-state index in [9.17, 15) is 4.39 Å². The average Bonchev–Trinajstić information content (AvgIpc) is 3.01. The highest BCUT2D eigenvalue weighted by atomic mass is 35.5. The zero-order chi connectivity index (χ0) is 28.2. The molecule has 0 saturated heterocycles. The van der Waals surface area contributed by atoms with E-state index in [4.69, 9.17) is 33.2 Å². The van der Waals surface area contributed by atoms with Crippen LogP contribution in [0.25, 0.3) is 22.2 Å². The van der Waals surface area contributed by atoms with Gasteiger partial charge in [-0.05, 0) is 23.8 Å². The number of benzene rings is 4. The Bertz CT molecular complexity index is 1840. The summed E-state index contributed by atoms with van der Waals surface area (Å²) in [5, 5.41) is 5.06. The number of nitrogens with zero attached hydrogens (tertiary/aromatic N) is 4. The van der Waals surface area contributed by atoms with Gasteiger partial charge in [-0.25, -0.2) is 19.4 Å². The van der Waals surface area contributed by atoms with Crippen LogP contribution in [0.1, 0.15) is 16.7 Å². The van der Waals surface area contributed by atoms with Crippen molar-refractivity contribution >= 4 is 51.6 Å². The van der Waals surface area contributed by atoms with Crippen LogP contribution < -0.4 is 5.32 Å². The van der Waals surface area contributed by atoms with Gasteiger partial charge in [0.2, 0.25) is 0 Å². The largest absolute Gasteiger partial charge is 0.363 e. The molecular formula is C33H22Cl2FN5. The maximum Gasteiger partial charge on any atom is 0.252 e. The van der Waals surface area contributed by atoms with Gasteiger partial charge in [0.05, 0.1) is 28.1 Å². The second-order valence-electron chi connectivity index (χ2n) is 9.20. The van der Waals surface area contributed by atoms with Crippen molar-refractivity contribution in [2.45, 2.75) is 6.54 Å². The molecule has 6 rings (SSSR count). The molecule has 0 unspecified atom stereocenters. The summed E-state index contributed by atoms with van der Waals surface area (Å²) >= 11 is 13.0. The molecule has 1 N–H and O–H groups in total. The third-order valence-corrected chi connectivity index (χ3v) is 7.12. The first-order chi connectivity index (χ1) is 20.1. The van der Waals surface area contributed by atoms with Crippen LogP contribution >= 0.6 is 23.2 Å². The quantitative estimate of drug-likeness (QED) is 0.192. The van der Waals surface area contributed by atoms with Crippen LogP contribution in [0.2, 0.25) is 10.0 Å². The molecule has 200 valence electrons. The molecule has 6 aromatic rings. The lowest BCUT2D eigenvalue weighted by molar-refractivity contribution is 0.617. The normalized spacial score (nSPS) is 10.9. The maximum atomic E-state index is 15.0. The molecule has 0 spiro atoms. The van der Waals surface area contributed by atoms with Crippen molar-refractivity contribution in [1.29, 1.82) is 0 Å². The summed E-state index contributed by atoms with van der Waals surface area (Å²) in [5.74, 6) is -0.442. The van der Waals surface area contributed by atoms with Gasteiger partial charge in [0.15, 0.2) is 11.6 Å². The van der Waals surface area contributed by atoms with Gasteiger partial charge in [0, 0.05) is 33.6 Å². The lowest BCUT2D eigenvalue weighted by Gasteiger charge is -2.14. The minimum atomic E-state index is -0.596. The van der Waals surface area contributed by atoms with E-state index in [1.807, 2.05) is 97.1 Å². The van der Waals surface area contributed by atoms with Gasteiger partial charge in [-0.2, -0.15) is 4.98 Å². The van der Waals surface area contributed by atoms with E-state index in [-0.39, 0.29) is 18.3 Å². The molecule has 0 aliphatic rings. The zero-order valence-corrected chi connectivity index (χ0v) is 23.1. The number of anilines is 1. The van der Waals surface area contributed by atoms with Gasteiger partial charge in [-0.15, -0.1) is 0 Å². The first-order valence-corrected chi connectivity index (χ1v) is 13.6. The van der Waals surface area contributed by atoms with Crippen molar-refractivity contribution in [2.75, 3.05) is 5.32 Å². The van der Waals surface area contributed by atoms with Crippen molar-refractivity contribution in [1.82, 2.24) is 15.0 Å². The van der Waals surface area contributed by atoms with Crippen LogP contribution in [-0.2, 0) is 6.54 Å². The highest BCUT2D eigenvalue weighted by Gasteiger charge is 2.16. The molecule has 0 fully saturated rings. The molecule has 0 aliphatic carbocycles. The zero-order valence-electron chi connectivity index (χ0n) is 21.6. The molecule has 0 saturated carbocycles. The second-order valence-corrected chi connectivity index (χ2v) is 10.0. The van der Waals surface area contributed by atoms with Crippen molar-refractivity contribution in [3.05, 3.63) is 148 Å². The number of fused-ring (bicyclic) bond motifs is 1. The lowest BCUT2D eigenvalue weighted by atomic mass is 10.0. The Morgan fingerprint density at radius 1 is 0.756 bits per heavy atom. The number of aliphatic imine (C=N–C) groups is 1. The highest BCUT2D eigenvalue weighted by molar-refractivity contribution is 6.35. The van der Waals surface area contributed by atoms with E-state index in [1.54, 1.807) is 12.1 Å². The summed E-state index contributed by atoms with van der Waals surface area (Å²) in [5.41, 5.74) is 5.32. The molecule has 0 bridgehead atoms. The average molecular weight is 578 g/mol. The van der Waals surface area contributed by atoms with E-state index in [1.165, 1.54) is 0 Å². The number of aromatic nitrogens is 3. The van der Waals surface area contributed by atoms with Crippen LogP contribution in [0.15, 0.2) is 120 Å². The Kier molecular flexibility index (Phi) is 7.67. The molecule has 0 atom stereocenters. The van der Waals surface area contributed by atoms with Crippen molar-refractivity contribution < 1.29 is 4.39 Å². The summed E-state index contributed by atoms with van der Waals surface area (Å²) < 4.78 is 15.0. The number of para-hydroxylation sites is 1. The fourth-order valence-corrected chi connectivity index (χ4v) is 4.98. The fourth-order valence-electron chi connectivity index (χ4n) is 4.53. The molecule has 0 radical (unpaired) electrons. The number of hydrogen-bond acceptors (Lipinski definition) is 5. The van der Waals surface area contributed by atoms with Gasteiger partial charge >= 0.3 is 0 Å². The molecule has 2 aromatic heterocycles. The first kappa shape index (κ1) is 26.6. The molecular weight excluding hydrogens is 556 g/mol. The monoisotopic (exact) mass is 577 g/mol. The molecule has 41 heavy (non-hydrogen) atoms. The Balaban J connectivity index is 1.38. The number of halogens is 3. The fraction of sp³-hybridized carbons (Fsp3) is 0.0303. The summed E-state index contributed by atoms with van der Waals surface area (Å²) in [6, 6.07) is 34.5. The van der Waals surface area contributed by atoms with E-state index >= 15 is 0 Å². The van der Waals surface area contributed by atoms with Gasteiger partial charge in [-0.3, -0.25) is 0 Å². The molecule has 8 heteroatoms. The molecule has 5 nitrogen and oxygen atoms in total. The molecule has 0 amide bonds. The van der Waals surface area contributed by atoms with E-state index in [0.717, 1.165) is 33.8 Å². The Hall–Kier alpha value is -4.65. The SMILES string of the molecule is Fc1cnc(N=C(c2ccccc2)c2ccccc2)nc1NCc1cc2cccc(Cl)c2nc1-c1ccccc1Cl. The van der Waals surface area contributed by atoms with E-state index in [2.05, 4.69) is 15.3 Å². The molecule has 4 aromatic carbocycles. The second kappa shape index (κ2) is 11.8. The Labute approximate surface area is 246 Å². The van der Waals surface area contributed by atoms with Crippen LogP contribution in [0.4, 0.5) is 16.2 Å². The first-order valence-electron chi connectivity index (χ1n) is 12.9. The van der Waals surface area contributed by atoms with Crippen LogP contribution in [-0.4, -0.2) is 20.7 Å². The summed E-state index contributed by atoms with van der Waals surface area (Å²) in [6.45, 7) is 0.220. The Morgan fingerprint density at radius 2 is 1.41 bits per heavy atom. The number of rotatable bonds is 7.